The number of hydrogen-bond acceptors (Lipinski definition) is 3. The molecule has 0 aliphatic rings. The lowest BCUT2D eigenvalue weighted by atomic mass is 10.1. The van der Waals surface area contributed by atoms with Crippen LogP contribution in [0.4, 0.5) is 5.82 Å². The van der Waals surface area contributed by atoms with Gasteiger partial charge in [0.25, 0.3) is 0 Å². The average molecular weight is 308 g/mol. The smallest absolute Gasteiger partial charge is 0.127 e. The summed E-state index contributed by atoms with van der Waals surface area (Å²) in [5.41, 5.74) is 4.89. The highest BCUT2D eigenvalue weighted by Crippen LogP contribution is 2.18. The number of aryl methyl sites for hydroxylation is 1. The van der Waals surface area contributed by atoms with E-state index in [0.717, 1.165) is 12.4 Å². The van der Waals surface area contributed by atoms with E-state index in [1.807, 2.05) is 25.2 Å². The fraction of sp³-hybridized carbons (Fsp3) is 0.316. The molecule has 1 unspecified atom stereocenters. The van der Waals surface area contributed by atoms with Gasteiger partial charge in [-0.1, -0.05) is 12.1 Å². The molecule has 0 fully saturated rings. The molecule has 0 aliphatic heterocycles. The van der Waals surface area contributed by atoms with Crippen molar-refractivity contribution in [3.05, 3.63) is 59.4 Å². The van der Waals surface area contributed by atoms with E-state index in [2.05, 4.69) is 65.5 Å². The van der Waals surface area contributed by atoms with Gasteiger partial charge in [-0.3, -0.25) is 0 Å². The lowest BCUT2D eigenvalue weighted by Crippen LogP contribution is -2.18. The van der Waals surface area contributed by atoms with E-state index in [0.29, 0.717) is 0 Å². The first-order chi connectivity index (χ1) is 11.0. The summed E-state index contributed by atoms with van der Waals surface area (Å²) in [7, 11) is 4.01. The number of hydrogen-bond donors (Lipinski definition) is 2. The van der Waals surface area contributed by atoms with Crippen LogP contribution in [0.25, 0.3) is 10.9 Å². The number of pyridine rings is 1. The van der Waals surface area contributed by atoms with Crippen molar-refractivity contribution in [3.63, 3.8) is 0 Å². The van der Waals surface area contributed by atoms with E-state index in [4.69, 9.17) is 0 Å². The largest absolute Gasteiger partial charge is 0.363 e. The average Bonchev–Trinajstić information content (AvgIpc) is 2.92. The molecule has 23 heavy (non-hydrogen) atoms. The summed E-state index contributed by atoms with van der Waals surface area (Å²) in [4.78, 5) is 9.85. The number of anilines is 1. The number of H-pyrrole nitrogens is 1. The van der Waals surface area contributed by atoms with Gasteiger partial charge in [0.05, 0.1) is 0 Å². The second-order valence-corrected chi connectivity index (χ2v) is 6.32. The van der Waals surface area contributed by atoms with Gasteiger partial charge < -0.3 is 15.2 Å². The van der Waals surface area contributed by atoms with Crippen molar-refractivity contribution in [1.29, 1.82) is 0 Å². The van der Waals surface area contributed by atoms with Crippen LogP contribution in [0, 0.1) is 6.92 Å². The minimum atomic E-state index is 0.266. The Labute approximate surface area is 137 Å². The summed E-state index contributed by atoms with van der Waals surface area (Å²) in [5.74, 6) is 0.981. The van der Waals surface area contributed by atoms with Crippen molar-refractivity contribution in [2.45, 2.75) is 26.4 Å². The first-order valence-electron chi connectivity index (χ1n) is 7.98. The fourth-order valence-corrected chi connectivity index (χ4v) is 2.74. The van der Waals surface area contributed by atoms with Crippen molar-refractivity contribution >= 4 is 16.7 Å². The molecule has 0 aliphatic carbocycles. The molecule has 2 aromatic heterocycles. The van der Waals surface area contributed by atoms with Crippen LogP contribution < -0.4 is 10.2 Å². The first-order valence-corrected chi connectivity index (χ1v) is 7.98. The van der Waals surface area contributed by atoms with Gasteiger partial charge in [-0.2, -0.15) is 0 Å². The van der Waals surface area contributed by atoms with Gasteiger partial charge in [-0.15, -0.1) is 0 Å². The van der Waals surface area contributed by atoms with E-state index < -0.39 is 0 Å². The summed E-state index contributed by atoms with van der Waals surface area (Å²) in [6.45, 7) is 5.10. The molecule has 120 valence electrons. The van der Waals surface area contributed by atoms with Crippen LogP contribution in [0.2, 0.25) is 0 Å². The van der Waals surface area contributed by atoms with Gasteiger partial charge in [0.15, 0.2) is 0 Å². The van der Waals surface area contributed by atoms with Gasteiger partial charge >= 0.3 is 0 Å². The van der Waals surface area contributed by atoms with Crippen molar-refractivity contribution in [2.75, 3.05) is 19.0 Å². The molecule has 0 radical (unpaired) electrons. The highest BCUT2D eigenvalue weighted by molar-refractivity contribution is 5.81. The predicted molar refractivity (Wildman–Crippen MR) is 96.9 cm³/mol. The zero-order valence-corrected chi connectivity index (χ0v) is 14.2. The molecule has 0 bridgehead atoms. The molecule has 1 aromatic carbocycles. The van der Waals surface area contributed by atoms with Crippen molar-refractivity contribution < 1.29 is 0 Å². The number of fused-ring (bicyclic) bond motifs is 1. The zero-order chi connectivity index (χ0) is 16.4. The van der Waals surface area contributed by atoms with Gasteiger partial charge in [-0.25, -0.2) is 4.98 Å². The SMILES string of the molecule is Cc1cc2cc(CNC(C)c3ccc(N(C)C)nc3)ccc2[nH]1. The van der Waals surface area contributed by atoms with Crippen molar-refractivity contribution in [2.24, 2.45) is 0 Å². The number of rotatable bonds is 5. The Hall–Kier alpha value is -2.33. The predicted octanol–water partition coefficient (Wildman–Crippen LogP) is 3.79. The van der Waals surface area contributed by atoms with Crippen LogP contribution in [0.5, 0.6) is 0 Å². The Morgan fingerprint density at radius 3 is 2.70 bits per heavy atom. The molecule has 4 nitrogen and oxygen atoms in total. The van der Waals surface area contributed by atoms with E-state index in [1.54, 1.807) is 0 Å². The number of benzene rings is 1. The van der Waals surface area contributed by atoms with Gasteiger partial charge in [0.2, 0.25) is 0 Å². The van der Waals surface area contributed by atoms with Crippen LogP contribution in [0.1, 0.15) is 29.8 Å². The number of nitrogens with zero attached hydrogens (tertiary/aromatic N) is 2. The molecular formula is C19H24N4. The maximum Gasteiger partial charge on any atom is 0.127 e. The number of nitrogens with one attached hydrogen (secondary N) is 2. The summed E-state index contributed by atoms with van der Waals surface area (Å²) in [6, 6.07) is 13.2. The molecule has 1 atom stereocenters. The summed E-state index contributed by atoms with van der Waals surface area (Å²) < 4.78 is 0. The maximum absolute atomic E-state index is 4.48. The van der Waals surface area contributed by atoms with E-state index in [9.17, 15) is 0 Å². The Morgan fingerprint density at radius 1 is 1.17 bits per heavy atom. The maximum atomic E-state index is 4.48. The van der Waals surface area contributed by atoms with Gasteiger partial charge in [0, 0.05) is 44.1 Å². The third kappa shape index (κ3) is 3.54. The second kappa shape index (κ2) is 6.42. The summed E-state index contributed by atoms with van der Waals surface area (Å²) >= 11 is 0. The Bertz CT molecular complexity index is 787. The second-order valence-electron chi connectivity index (χ2n) is 6.32. The molecule has 3 rings (SSSR count). The Morgan fingerprint density at radius 2 is 2.00 bits per heavy atom. The summed E-state index contributed by atoms with van der Waals surface area (Å²) in [6.07, 6.45) is 1.95. The van der Waals surface area contributed by atoms with Gasteiger partial charge in [0.1, 0.15) is 5.82 Å². The molecule has 0 amide bonds. The fourth-order valence-electron chi connectivity index (χ4n) is 2.74. The third-order valence-corrected chi connectivity index (χ3v) is 4.16. The normalized spacial score (nSPS) is 12.5. The highest BCUT2D eigenvalue weighted by atomic mass is 15.1. The minimum Gasteiger partial charge on any atom is -0.363 e. The summed E-state index contributed by atoms with van der Waals surface area (Å²) in [5, 5.41) is 4.84. The molecule has 0 saturated heterocycles. The molecular weight excluding hydrogens is 284 g/mol. The minimum absolute atomic E-state index is 0.266. The quantitative estimate of drug-likeness (QED) is 0.754. The van der Waals surface area contributed by atoms with Crippen LogP contribution in [0.3, 0.4) is 0 Å². The standard InChI is InChI=1S/C19H24N4/c1-13-9-17-10-15(5-7-18(17)22-13)11-20-14(2)16-6-8-19(21-12-16)23(3)4/h5-10,12,14,20,22H,11H2,1-4H3. The van der Waals surface area contributed by atoms with Gasteiger partial charge in [-0.05, 0) is 54.6 Å². The van der Waals surface area contributed by atoms with Crippen LogP contribution >= 0.6 is 0 Å². The van der Waals surface area contributed by atoms with E-state index in [1.165, 1.54) is 27.7 Å². The molecule has 0 spiro atoms. The van der Waals surface area contributed by atoms with E-state index >= 15 is 0 Å². The Balaban J connectivity index is 1.66. The molecule has 4 heteroatoms. The van der Waals surface area contributed by atoms with Crippen molar-refractivity contribution in [1.82, 2.24) is 15.3 Å². The third-order valence-electron chi connectivity index (χ3n) is 4.16. The van der Waals surface area contributed by atoms with E-state index in [-0.39, 0.29) is 6.04 Å². The van der Waals surface area contributed by atoms with Crippen molar-refractivity contribution in [3.8, 4) is 0 Å². The Kier molecular flexibility index (Phi) is 4.35. The zero-order valence-electron chi connectivity index (χ0n) is 14.2. The topological polar surface area (TPSA) is 44.0 Å². The van der Waals surface area contributed by atoms with Crippen LogP contribution in [-0.2, 0) is 6.54 Å². The van der Waals surface area contributed by atoms with Crippen LogP contribution in [0.15, 0.2) is 42.6 Å². The number of aromatic amines is 1. The highest BCUT2D eigenvalue weighted by Gasteiger charge is 2.07. The first kappa shape index (κ1) is 15.6. The lowest BCUT2D eigenvalue weighted by molar-refractivity contribution is 0.573. The van der Waals surface area contributed by atoms with Crippen LogP contribution in [-0.4, -0.2) is 24.1 Å². The monoisotopic (exact) mass is 308 g/mol. The molecule has 3 aromatic rings. The number of aromatic nitrogens is 2. The molecule has 2 heterocycles. The molecule has 0 saturated carbocycles. The molecule has 2 N–H and O–H groups in total. The lowest BCUT2D eigenvalue weighted by Gasteiger charge is -2.16.